The van der Waals surface area contributed by atoms with Gasteiger partial charge in [0.2, 0.25) is 5.91 Å². The predicted octanol–water partition coefficient (Wildman–Crippen LogP) is 6.56. The minimum Gasteiger partial charge on any atom is -0.484 e. The fourth-order valence-electron chi connectivity index (χ4n) is 5.10. The van der Waals surface area contributed by atoms with Gasteiger partial charge in [0.05, 0.1) is 0 Å². The molecule has 3 aromatic rings. The highest BCUT2D eigenvalue weighted by atomic mass is 35.5. The number of carbonyl (C=O) groups is 2. The van der Waals surface area contributed by atoms with E-state index in [9.17, 15) is 14.0 Å². The predicted molar refractivity (Wildman–Crippen MR) is 152 cm³/mol. The molecule has 4 rings (SSSR count). The molecule has 2 amide bonds. The maximum Gasteiger partial charge on any atom is 0.261 e. The summed E-state index contributed by atoms with van der Waals surface area (Å²) in [6.07, 6.45) is 5.57. The standard InChI is InChI=1S/C32H36ClFN2O3/c1-22-17-28(18-23(2)31(22)33)39-21-30(37)36(20-25-13-15-26(34)16-14-25)29(19-24-9-5-3-6-10-24)32(38)35-27-11-7-4-8-12-27/h3,5-6,9-10,13-18,27,29H,4,7-8,11-12,19-21H2,1-2H3,(H,35,38)/t29-/m1/s1. The molecule has 1 aliphatic carbocycles. The first kappa shape index (κ1) is 28.6. The van der Waals surface area contributed by atoms with Crippen molar-refractivity contribution in [2.45, 2.75) is 71.0 Å². The van der Waals surface area contributed by atoms with Crippen LogP contribution in [0.1, 0.15) is 54.4 Å². The molecule has 1 fully saturated rings. The van der Waals surface area contributed by atoms with E-state index < -0.39 is 6.04 Å². The zero-order valence-electron chi connectivity index (χ0n) is 22.6. The lowest BCUT2D eigenvalue weighted by atomic mass is 9.94. The van der Waals surface area contributed by atoms with Crippen molar-refractivity contribution in [2.75, 3.05) is 6.61 Å². The summed E-state index contributed by atoms with van der Waals surface area (Å²) in [7, 11) is 0. The minimum absolute atomic E-state index is 0.101. The van der Waals surface area contributed by atoms with Gasteiger partial charge < -0.3 is 15.0 Å². The molecule has 39 heavy (non-hydrogen) atoms. The molecule has 0 spiro atoms. The number of aryl methyl sites for hydroxylation is 2. The molecule has 0 bridgehead atoms. The molecule has 0 unspecified atom stereocenters. The Labute approximate surface area is 235 Å². The number of carbonyl (C=O) groups excluding carboxylic acids is 2. The van der Waals surface area contributed by atoms with Gasteiger partial charge in [0.25, 0.3) is 5.91 Å². The van der Waals surface area contributed by atoms with Gasteiger partial charge in [-0.3, -0.25) is 9.59 Å². The zero-order chi connectivity index (χ0) is 27.8. The van der Waals surface area contributed by atoms with Crippen molar-refractivity contribution in [2.24, 2.45) is 0 Å². The summed E-state index contributed by atoms with van der Waals surface area (Å²) in [4.78, 5) is 29.1. The van der Waals surface area contributed by atoms with Crippen LogP contribution in [-0.2, 0) is 22.6 Å². The van der Waals surface area contributed by atoms with Crippen LogP contribution >= 0.6 is 11.6 Å². The van der Waals surface area contributed by atoms with Gasteiger partial charge in [0.15, 0.2) is 6.61 Å². The van der Waals surface area contributed by atoms with E-state index in [1.54, 1.807) is 29.2 Å². The Morgan fingerprint density at radius 3 is 2.26 bits per heavy atom. The van der Waals surface area contributed by atoms with E-state index in [0.29, 0.717) is 17.2 Å². The number of rotatable bonds is 10. The Bertz CT molecular complexity index is 1240. The maximum atomic E-state index is 13.8. The molecule has 1 saturated carbocycles. The molecular weight excluding hydrogens is 515 g/mol. The number of amides is 2. The first-order valence-corrected chi connectivity index (χ1v) is 14.0. The smallest absolute Gasteiger partial charge is 0.261 e. The van der Waals surface area contributed by atoms with Crippen molar-refractivity contribution in [3.63, 3.8) is 0 Å². The molecule has 0 saturated heterocycles. The Morgan fingerprint density at radius 1 is 0.974 bits per heavy atom. The number of benzene rings is 3. The number of ether oxygens (including phenoxy) is 1. The van der Waals surface area contributed by atoms with Crippen molar-refractivity contribution in [1.82, 2.24) is 10.2 Å². The Morgan fingerprint density at radius 2 is 1.62 bits per heavy atom. The van der Waals surface area contributed by atoms with Crippen LogP contribution in [0.4, 0.5) is 4.39 Å². The lowest BCUT2D eigenvalue weighted by Gasteiger charge is -2.33. The van der Waals surface area contributed by atoms with Crippen LogP contribution in [0.15, 0.2) is 66.7 Å². The Balaban J connectivity index is 1.61. The van der Waals surface area contributed by atoms with E-state index in [0.717, 1.165) is 47.9 Å². The first-order valence-electron chi connectivity index (χ1n) is 13.6. The summed E-state index contributed by atoms with van der Waals surface area (Å²) in [5.41, 5.74) is 3.39. The lowest BCUT2D eigenvalue weighted by Crippen LogP contribution is -2.53. The van der Waals surface area contributed by atoms with Crippen LogP contribution in [0.2, 0.25) is 5.02 Å². The molecule has 1 aliphatic rings. The van der Waals surface area contributed by atoms with E-state index >= 15 is 0 Å². The zero-order valence-corrected chi connectivity index (χ0v) is 23.3. The molecule has 0 aliphatic heterocycles. The second-order valence-electron chi connectivity index (χ2n) is 10.4. The third kappa shape index (κ3) is 8.06. The molecule has 1 N–H and O–H groups in total. The average Bonchev–Trinajstić information content (AvgIpc) is 2.94. The van der Waals surface area contributed by atoms with E-state index in [1.807, 2.05) is 44.2 Å². The fraction of sp³-hybridized carbons (Fsp3) is 0.375. The SMILES string of the molecule is Cc1cc(OCC(=O)N(Cc2ccc(F)cc2)[C@H](Cc2ccccc2)C(=O)NC2CCCCC2)cc(C)c1Cl. The van der Waals surface area contributed by atoms with Gasteiger partial charge in [-0.25, -0.2) is 4.39 Å². The Hall–Kier alpha value is -3.38. The lowest BCUT2D eigenvalue weighted by molar-refractivity contribution is -0.143. The summed E-state index contributed by atoms with van der Waals surface area (Å²) in [6.45, 7) is 3.67. The topological polar surface area (TPSA) is 58.6 Å². The van der Waals surface area contributed by atoms with Gasteiger partial charge in [0, 0.05) is 24.0 Å². The molecule has 1 atom stereocenters. The highest BCUT2D eigenvalue weighted by molar-refractivity contribution is 6.32. The third-order valence-corrected chi connectivity index (χ3v) is 7.86. The van der Waals surface area contributed by atoms with Gasteiger partial charge >= 0.3 is 0 Å². The fourth-order valence-corrected chi connectivity index (χ4v) is 5.21. The average molecular weight is 551 g/mol. The van der Waals surface area contributed by atoms with Crippen LogP contribution in [0, 0.1) is 19.7 Å². The molecule has 3 aromatic carbocycles. The molecule has 7 heteroatoms. The molecule has 0 heterocycles. The van der Waals surface area contributed by atoms with Gasteiger partial charge in [-0.15, -0.1) is 0 Å². The highest BCUT2D eigenvalue weighted by Gasteiger charge is 2.32. The second kappa shape index (κ2) is 13.6. The van der Waals surface area contributed by atoms with Crippen LogP contribution in [-0.4, -0.2) is 35.4 Å². The maximum absolute atomic E-state index is 13.8. The van der Waals surface area contributed by atoms with Crippen molar-refractivity contribution in [3.8, 4) is 5.75 Å². The summed E-state index contributed by atoms with van der Waals surface area (Å²) in [5, 5.41) is 3.88. The van der Waals surface area contributed by atoms with E-state index in [1.165, 1.54) is 18.6 Å². The van der Waals surface area contributed by atoms with Crippen molar-refractivity contribution in [3.05, 3.63) is 99.8 Å². The molecule has 206 valence electrons. The van der Waals surface area contributed by atoms with E-state index in [4.69, 9.17) is 16.3 Å². The summed E-state index contributed by atoms with van der Waals surface area (Å²) in [5.74, 6) is -0.330. The van der Waals surface area contributed by atoms with E-state index in [2.05, 4.69) is 5.32 Å². The number of halogens is 2. The van der Waals surface area contributed by atoms with Gasteiger partial charge in [0.1, 0.15) is 17.6 Å². The molecular formula is C32H36ClFN2O3. The van der Waals surface area contributed by atoms with Crippen molar-refractivity contribution in [1.29, 1.82) is 0 Å². The third-order valence-electron chi connectivity index (χ3n) is 7.26. The normalized spacial score (nSPS) is 14.5. The molecule has 0 aromatic heterocycles. The molecule has 5 nitrogen and oxygen atoms in total. The monoisotopic (exact) mass is 550 g/mol. The van der Waals surface area contributed by atoms with Crippen LogP contribution in [0.5, 0.6) is 5.75 Å². The number of hydrogen-bond donors (Lipinski definition) is 1. The first-order chi connectivity index (χ1) is 18.8. The summed E-state index contributed by atoms with van der Waals surface area (Å²) >= 11 is 6.30. The molecule has 0 radical (unpaired) electrons. The van der Waals surface area contributed by atoms with Crippen LogP contribution in [0.25, 0.3) is 0 Å². The van der Waals surface area contributed by atoms with E-state index in [-0.39, 0.29) is 36.8 Å². The highest BCUT2D eigenvalue weighted by Crippen LogP contribution is 2.26. The quantitative estimate of drug-likeness (QED) is 0.311. The number of hydrogen-bond acceptors (Lipinski definition) is 3. The van der Waals surface area contributed by atoms with Gasteiger partial charge in [-0.1, -0.05) is 73.3 Å². The largest absolute Gasteiger partial charge is 0.484 e. The number of nitrogens with zero attached hydrogens (tertiary/aromatic N) is 1. The summed E-state index contributed by atoms with van der Waals surface area (Å²) in [6, 6.07) is 18.6. The number of nitrogens with one attached hydrogen (secondary N) is 1. The van der Waals surface area contributed by atoms with Crippen LogP contribution in [0.3, 0.4) is 0 Å². The van der Waals surface area contributed by atoms with Gasteiger partial charge in [-0.2, -0.15) is 0 Å². The minimum atomic E-state index is -0.760. The van der Waals surface area contributed by atoms with Crippen LogP contribution < -0.4 is 10.1 Å². The van der Waals surface area contributed by atoms with Gasteiger partial charge in [-0.05, 0) is 73.2 Å². The second-order valence-corrected chi connectivity index (χ2v) is 10.7. The Kier molecular flexibility index (Phi) is 9.99. The van der Waals surface area contributed by atoms with Crippen molar-refractivity contribution < 1.29 is 18.7 Å². The summed E-state index contributed by atoms with van der Waals surface area (Å²) < 4.78 is 19.6. The van der Waals surface area contributed by atoms with Crippen molar-refractivity contribution >= 4 is 23.4 Å².